The maximum Gasteiger partial charge on any atom is 0.116 e. The van der Waals surface area contributed by atoms with Gasteiger partial charge in [0.25, 0.3) is 0 Å². The second-order valence-electron chi connectivity index (χ2n) is 3.89. The van der Waals surface area contributed by atoms with Crippen molar-refractivity contribution in [2.45, 2.75) is 26.5 Å². The van der Waals surface area contributed by atoms with Gasteiger partial charge in [0.2, 0.25) is 0 Å². The number of benzene rings is 1. The molecule has 1 N–H and O–H groups in total. The molecule has 0 aliphatic rings. The summed E-state index contributed by atoms with van der Waals surface area (Å²) in [6.07, 6.45) is 0.933. The van der Waals surface area contributed by atoms with Crippen molar-refractivity contribution < 1.29 is 5.11 Å². The third-order valence-electron chi connectivity index (χ3n) is 2.58. The number of aromatic nitrogens is 3. The molecule has 1 aromatic carbocycles. The summed E-state index contributed by atoms with van der Waals surface area (Å²) >= 11 is 11.9. The van der Waals surface area contributed by atoms with Gasteiger partial charge >= 0.3 is 0 Å². The van der Waals surface area contributed by atoms with Crippen LogP contribution in [0.25, 0.3) is 11.3 Å². The highest BCUT2D eigenvalue weighted by molar-refractivity contribution is 6.42. The standard InChI is InChI=1S/C12H13Cl2N3O/c1-2-5-17-12(11(7-18)15-16-17)8-3-4-9(13)10(14)6-8/h3-4,6,18H,2,5,7H2,1H3. The second kappa shape index (κ2) is 5.69. The number of aliphatic hydroxyl groups excluding tert-OH is 1. The molecule has 6 heteroatoms. The number of halogens is 2. The lowest BCUT2D eigenvalue weighted by atomic mass is 10.1. The summed E-state index contributed by atoms with van der Waals surface area (Å²) < 4.78 is 1.77. The summed E-state index contributed by atoms with van der Waals surface area (Å²) in [5, 5.41) is 18.3. The lowest BCUT2D eigenvalue weighted by molar-refractivity contribution is 0.277. The van der Waals surface area contributed by atoms with Crippen molar-refractivity contribution in [2.24, 2.45) is 0 Å². The molecule has 1 aromatic heterocycles. The van der Waals surface area contributed by atoms with Gasteiger partial charge < -0.3 is 5.11 Å². The first kappa shape index (κ1) is 13.3. The Balaban J connectivity index is 2.53. The second-order valence-corrected chi connectivity index (χ2v) is 4.71. The Bertz CT molecular complexity index is 554. The van der Waals surface area contributed by atoms with E-state index in [9.17, 15) is 5.11 Å². The summed E-state index contributed by atoms with van der Waals surface area (Å²) in [5.74, 6) is 0. The quantitative estimate of drug-likeness (QED) is 0.939. The monoisotopic (exact) mass is 285 g/mol. The summed E-state index contributed by atoms with van der Waals surface area (Å²) in [6.45, 7) is 2.64. The van der Waals surface area contributed by atoms with Crippen molar-refractivity contribution in [2.75, 3.05) is 0 Å². The predicted octanol–water partition coefficient (Wildman–Crippen LogP) is 3.15. The van der Waals surface area contributed by atoms with E-state index >= 15 is 0 Å². The topological polar surface area (TPSA) is 50.9 Å². The molecule has 1 heterocycles. The minimum atomic E-state index is -0.153. The lowest BCUT2D eigenvalue weighted by Gasteiger charge is -2.07. The molecule has 0 saturated carbocycles. The van der Waals surface area contributed by atoms with E-state index in [0.29, 0.717) is 15.7 Å². The molecule has 2 rings (SSSR count). The van der Waals surface area contributed by atoms with Gasteiger partial charge in [-0.05, 0) is 18.6 Å². The average Bonchev–Trinajstić information content (AvgIpc) is 2.76. The predicted molar refractivity (Wildman–Crippen MR) is 71.7 cm³/mol. The molecule has 0 amide bonds. The molecule has 0 spiro atoms. The Morgan fingerprint density at radius 3 is 2.67 bits per heavy atom. The molecule has 2 aromatic rings. The largest absolute Gasteiger partial charge is 0.390 e. The molecular formula is C12H13Cl2N3O. The van der Waals surface area contributed by atoms with E-state index in [2.05, 4.69) is 17.2 Å². The summed E-state index contributed by atoms with van der Waals surface area (Å²) in [5.41, 5.74) is 2.19. The van der Waals surface area contributed by atoms with E-state index in [1.807, 2.05) is 6.07 Å². The highest BCUT2D eigenvalue weighted by Crippen LogP contribution is 2.29. The number of aryl methyl sites for hydroxylation is 1. The molecule has 4 nitrogen and oxygen atoms in total. The Morgan fingerprint density at radius 1 is 1.28 bits per heavy atom. The van der Waals surface area contributed by atoms with Crippen molar-refractivity contribution >= 4 is 23.2 Å². The maximum absolute atomic E-state index is 9.31. The van der Waals surface area contributed by atoms with Crippen molar-refractivity contribution in [3.8, 4) is 11.3 Å². The fourth-order valence-electron chi connectivity index (χ4n) is 1.78. The zero-order valence-corrected chi connectivity index (χ0v) is 11.4. The minimum absolute atomic E-state index is 0.153. The third kappa shape index (κ3) is 2.51. The molecule has 96 valence electrons. The lowest BCUT2D eigenvalue weighted by Crippen LogP contribution is -2.02. The Morgan fingerprint density at radius 2 is 2.06 bits per heavy atom. The van der Waals surface area contributed by atoms with Crippen LogP contribution in [0.2, 0.25) is 10.0 Å². The van der Waals surface area contributed by atoms with Gasteiger partial charge in [0.15, 0.2) is 0 Å². The molecule has 0 bridgehead atoms. The zero-order valence-electron chi connectivity index (χ0n) is 9.90. The smallest absolute Gasteiger partial charge is 0.116 e. The first-order chi connectivity index (χ1) is 8.67. The number of aliphatic hydroxyl groups is 1. The number of hydrogen-bond donors (Lipinski definition) is 1. The fourth-order valence-corrected chi connectivity index (χ4v) is 2.08. The van der Waals surface area contributed by atoms with Crippen LogP contribution in [0.1, 0.15) is 19.0 Å². The molecule has 0 aliphatic heterocycles. The van der Waals surface area contributed by atoms with E-state index in [0.717, 1.165) is 24.2 Å². The average molecular weight is 286 g/mol. The van der Waals surface area contributed by atoms with Crippen LogP contribution in [0, 0.1) is 0 Å². The van der Waals surface area contributed by atoms with Crippen LogP contribution in [-0.2, 0) is 13.2 Å². The van der Waals surface area contributed by atoms with Crippen LogP contribution < -0.4 is 0 Å². The number of rotatable bonds is 4. The Hall–Kier alpha value is -1.10. The van der Waals surface area contributed by atoms with E-state index < -0.39 is 0 Å². The van der Waals surface area contributed by atoms with Crippen molar-refractivity contribution in [1.82, 2.24) is 15.0 Å². The van der Waals surface area contributed by atoms with E-state index in [1.54, 1.807) is 16.8 Å². The molecule has 0 radical (unpaired) electrons. The SMILES string of the molecule is CCCn1nnc(CO)c1-c1ccc(Cl)c(Cl)c1. The van der Waals surface area contributed by atoms with Crippen LogP contribution in [-0.4, -0.2) is 20.1 Å². The van der Waals surface area contributed by atoms with Crippen molar-refractivity contribution in [3.63, 3.8) is 0 Å². The van der Waals surface area contributed by atoms with Crippen molar-refractivity contribution in [3.05, 3.63) is 33.9 Å². The maximum atomic E-state index is 9.31. The van der Waals surface area contributed by atoms with Gasteiger partial charge in [-0.2, -0.15) is 0 Å². The molecule has 0 fully saturated rings. The molecule has 0 saturated heterocycles. The zero-order chi connectivity index (χ0) is 13.1. The third-order valence-corrected chi connectivity index (χ3v) is 3.32. The van der Waals surface area contributed by atoms with Gasteiger partial charge in [0.1, 0.15) is 5.69 Å². The molecule has 0 atom stereocenters. The summed E-state index contributed by atoms with van der Waals surface area (Å²) in [6, 6.07) is 5.33. The van der Waals surface area contributed by atoms with Gasteiger partial charge in [-0.25, -0.2) is 4.68 Å². The Kier molecular flexibility index (Phi) is 4.22. The normalized spacial score (nSPS) is 10.9. The van der Waals surface area contributed by atoms with Gasteiger partial charge in [-0.3, -0.25) is 0 Å². The Labute approximate surface area is 115 Å². The molecule has 0 aliphatic carbocycles. The van der Waals surface area contributed by atoms with Crippen LogP contribution >= 0.6 is 23.2 Å². The van der Waals surface area contributed by atoms with Crippen LogP contribution in [0.5, 0.6) is 0 Å². The van der Waals surface area contributed by atoms with Crippen molar-refractivity contribution in [1.29, 1.82) is 0 Å². The van der Waals surface area contributed by atoms with Gasteiger partial charge in [0, 0.05) is 12.1 Å². The number of nitrogens with zero attached hydrogens (tertiary/aromatic N) is 3. The van der Waals surface area contributed by atoms with E-state index in [1.165, 1.54) is 0 Å². The first-order valence-corrected chi connectivity index (χ1v) is 6.41. The van der Waals surface area contributed by atoms with E-state index in [-0.39, 0.29) is 6.61 Å². The first-order valence-electron chi connectivity index (χ1n) is 5.66. The van der Waals surface area contributed by atoms with Gasteiger partial charge in [-0.15, -0.1) is 5.10 Å². The summed E-state index contributed by atoms with van der Waals surface area (Å²) in [7, 11) is 0. The van der Waals surface area contributed by atoms with Crippen LogP contribution in [0.15, 0.2) is 18.2 Å². The molecule has 18 heavy (non-hydrogen) atoms. The highest BCUT2D eigenvalue weighted by Gasteiger charge is 2.14. The van der Waals surface area contributed by atoms with Gasteiger partial charge in [-0.1, -0.05) is 41.4 Å². The van der Waals surface area contributed by atoms with Crippen LogP contribution in [0.4, 0.5) is 0 Å². The van der Waals surface area contributed by atoms with Crippen LogP contribution in [0.3, 0.4) is 0 Å². The highest BCUT2D eigenvalue weighted by atomic mass is 35.5. The fraction of sp³-hybridized carbons (Fsp3) is 0.333. The number of hydrogen-bond acceptors (Lipinski definition) is 3. The minimum Gasteiger partial charge on any atom is -0.390 e. The van der Waals surface area contributed by atoms with E-state index in [4.69, 9.17) is 23.2 Å². The molecule has 0 unspecified atom stereocenters. The van der Waals surface area contributed by atoms with Gasteiger partial charge in [0.05, 0.1) is 22.3 Å². The molecular weight excluding hydrogens is 273 g/mol. The summed E-state index contributed by atoms with van der Waals surface area (Å²) in [4.78, 5) is 0.